The van der Waals surface area contributed by atoms with Crippen LogP contribution in [0.5, 0.6) is 0 Å². The second-order valence-electron chi connectivity index (χ2n) is 3.37. The van der Waals surface area contributed by atoms with Gasteiger partial charge in [-0.05, 0) is 13.8 Å². The monoisotopic (exact) mass is 219 g/mol. The number of terminal acetylenes is 1. The van der Waals surface area contributed by atoms with Gasteiger partial charge in [0, 0.05) is 11.8 Å². The molecule has 1 N–H and O–H groups in total. The molecule has 0 saturated carbocycles. The summed E-state index contributed by atoms with van der Waals surface area (Å²) in [5.41, 5.74) is 0.787. The minimum atomic E-state index is -0.941. The molecule has 1 aromatic rings. The van der Waals surface area contributed by atoms with Gasteiger partial charge in [0.25, 0.3) is 0 Å². The molecule has 0 radical (unpaired) electrons. The number of carbonyl (C=O) groups is 1. The van der Waals surface area contributed by atoms with Crippen molar-refractivity contribution in [3.05, 3.63) is 17.6 Å². The minimum Gasteiger partial charge on any atom is -0.480 e. The maximum atomic E-state index is 10.7. The standard InChI is InChI=1S/C11H13N3O2/c1-4-5-14(7-11(15)16)10-6-8(2)12-9(3)13-10/h1,6H,5,7H2,2-3H3,(H,15,16). The van der Waals surface area contributed by atoms with Crippen LogP contribution in [0.25, 0.3) is 0 Å². The number of aryl methyl sites for hydroxylation is 2. The number of aromatic nitrogens is 2. The van der Waals surface area contributed by atoms with Crippen LogP contribution in [0.3, 0.4) is 0 Å². The van der Waals surface area contributed by atoms with Crippen LogP contribution < -0.4 is 4.90 Å². The van der Waals surface area contributed by atoms with Crippen molar-refractivity contribution in [1.29, 1.82) is 0 Å². The average molecular weight is 219 g/mol. The molecule has 0 spiro atoms. The van der Waals surface area contributed by atoms with E-state index < -0.39 is 5.97 Å². The van der Waals surface area contributed by atoms with Gasteiger partial charge in [0.05, 0.1) is 6.54 Å². The Labute approximate surface area is 94.1 Å². The van der Waals surface area contributed by atoms with E-state index in [4.69, 9.17) is 11.5 Å². The average Bonchev–Trinajstić information content (AvgIpc) is 2.14. The van der Waals surface area contributed by atoms with Gasteiger partial charge in [0.15, 0.2) is 0 Å². The van der Waals surface area contributed by atoms with Crippen molar-refractivity contribution in [2.75, 3.05) is 18.0 Å². The lowest BCUT2D eigenvalue weighted by Crippen LogP contribution is -2.31. The lowest BCUT2D eigenvalue weighted by Gasteiger charge is -2.19. The van der Waals surface area contributed by atoms with Gasteiger partial charge < -0.3 is 10.0 Å². The van der Waals surface area contributed by atoms with Crippen LogP contribution in [-0.4, -0.2) is 34.1 Å². The number of hydrogen-bond donors (Lipinski definition) is 1. The zero-order chi connectivity index (χ0) is 12.1. The van der Waals surface area contributed by atoms with Gasteiger partial charge in [0.1, 0.15) is 18.2 Å². The van der Waals surface area contributed by atoms with Crippen molar-refractivity contribution in [2.45, 2.75) is 13.8 Å². The summed E-state index contributed by atoms with van der Waals surface area (Å²) in [6, 6.07) is 1.72. The van der Waals surface area contributed by atoms with Crippen molar-refractivity contribution in [2.24, 2.45) is 0 Å². The smallest absolute Gasteiger partial charge is 0.323 e. The Hall–Kier alpha value is -2.09. The fourth-order valence-corrected chi connectivity index (χ4v) is 1.35. The molecule has 0 aliphatic heterocycles. The molecule has 0 aliphatic rings. The molecule has 0 fully saturated rings. The molecule has 0 amide bonds. The number of hydrogen-bond acceptors (Lipinski definition) is 4. The predicted molar refractivity (Wildman–Crippen MR) is 60.2 cm³/mol. The highest BCUT2D eigenvalue weighted by Crippen LogP contribution is 2.11. The SMILES string of the molecule is C#CCN(CC(=O)O)c1cc(C)nc(C)n1. The highest BCUT2D eigenvalue weighted by molar-refractivity contribution is 5.73. The molecule has 1 heterocycles. The summed E-state index contributed by atoms with van der Waals surface area (Å²) in [7, 11) is 0. The van der Waals surface area contributed by atoms with Crippen LogP contribution in [0, 0.1) is 26.2 Å². The number of aliphatic carboxylic acids is 1. The van der Waals surface area contributed by atoms with Crippen molar-refractivity contribution >= 4 is 11.8 Å². The molecule has 84 valence electrons. The third kappa shape index (κ3) is 3.24. The van der Waals surface area contributed by atoms with Gasteiger partial charge in [0.2, 0.25) is 0 Å². The Bertz CT molecular complexity index is 417. The molecular formula is C11H13N3O2. The van der Waals surface area contributed by atoms with Crippen LogP contribution in [-0.2, 0) is 4.79 Å². The number of rotatable bonds is 4. The van der Waals surface area contributed by atoms with E-state index in [1.165, 1.54) is 4.90 Å². The van der Waals surface area contributed by atoms with Gasteiger partial charge >= 0.3 is 5.97 Å². The summed E-state index contributed by atoms with van der Waals surface area (Å²) in [4.78, 5) is 20.5. The lowest BCUT2D eigenvalue weighted by molar-refractivity contribution is -0.135. The maximum Gasteiger partial charge on any atom is 0.323 e. The van der Waals surface area contributed by atoms with E-state index in [0.29, 0.717) is 11.6 Å². The molecule has 5 heteroatoms. The molecule has 0 saturated heterocycles. The maximum absolute atomic E-state index is 10.7. The molecule has 0 aromatic carbocycles. The Balaban J connectivity index is 3.00. The number of carboxylic acid groups (broad SMARTS) is 1. The number of carboxylic acids is 1. The van der Waals surface area contributed by atoms with E-state index in [2.05, 4.69) is 15.9 Å². The third-order valence-electron chi connectivity index (χ3n) is 1.88. The van der Waals surface area contributed by atoms with Gasteiger partial charge in [-0.1, -0.05) is 5.92 Å². The second-order valence-corrected chi connectivity index (χ2v) is 3.37. The number of anilines is 1. The van der Waals surface area contributed by atoms with E-state index in [1.807, 2.05) is 6.92 Å². The highest BCUT2D eigenvalue weighted by atomic mass is 16.4. The van der Waals surface area contributed by atoms with E-state index in [1.54, 1.807) is 13.0 Å². The van der Waals surface area contributed by atoms with Crippen molar-refractivity contribution in [3.8, 4) is 12.3 Å². The first-order valence-corrected chi connectivity index (χ1v) is 4.75. The van der Waals surface area contributed by atoms with Crippen molar-refractivity contribution < 1.29 is 9.90 Å². The summed E-state index contributed by atoms with van der Waals surface area (Å²) < 4.78 is 0. The zero-order valence-corrected chi connectivity index (χ0v) is 9.27. The second kappa shape index (κ2) is 5.12. The number of nitrogens with zero attached hydrogens (tertiary/aromatic N) is 3. The molecule has 0 aliphatic carbocycles. The minimum absolute atomic E-state index is 0.167. The van der Waals surface area contributed by atoms with Crippen LogP contribution in [0.1, 0.15) is 11.5 Å². The summed E-state index contributed by atoms with van der Waals surface area (Å²) in [5.74, 6) is 2.62. The quantitative estimate of drug-likeness (QED) is 0.752. The Morgan fingerprint density at radius 3 is 2.75 bits per heavy atom. The van der Waals surface area contributed by atoms with Crippen LogP contribution in [0.15, 0.2) is 6.07 Å². The fourth-order valence-electron chi connectivity index (χ4n) is 1.35. The lowest BCUT2D eigenvalue weighted by atomic mass is 10.3. The summed E-state index contributed by atoms with van der Waals surface area (Å²) >= 11 is 0. The third-order valence-corrected chi connectivity index (χ3v) is 1.88. The Morgan fingerprint density at radius 2 is 2.25 bits per heavy atom. The largest absolute Gasteiger partial charge is 0.480 e. The van der Waals surface area contributed by atoms with Crippen molar-refractivity contribution in [1.82, 2.24) is 9.97 Å². The molecule has 0 unspecified atom stereocenters. The van der Waals surface area contributed by atoms with Crippen LogP contribution >= 0.6 is 0 Å². The molecule has 1 aromatic heterocycles. The van der Waals surface area contributed by atoms with Gasteiger partial charge in [-0.2, -0.15) is 0 Å². The first-order chi connectivity index (χ1) is 7.52. The zero-order valence-electron chi connectivity index (χ0n) is 9.27. The molecule has 0 bridgehead atoms. The van der Waals surface area contributed by atoms with E-state index in [-0.39, 0.29) is 13.1 Å². The van der Waals surface area contributed by atoms with Gasteiger partial charge in [-0.25, -0.2) is 9.97 Å². The topological polar surface area (TPSA) is 66.3 Å². The van der Waals surface area contributed by atoms with Gasteiger partial charge in [-0.15, -0.1) is 6.42 Å². The predicted octanol–water partition coefficient (Wildman–Crippen LogP) is 0.618. The summed E-state index contributed by atoms with van der Waals surface area (Å²) in [6.07, 6.45) is 5.19. The van der Waals surface area contributed by atoms with E-state index >= 15 is 0 Å². The first kappa shape index (κ1) is 12.0. The van der Waals surface area contributed by atoms with Crippen LogP contribution in [0.4, 0.5) is 5.82 Å². The Kier molecular flexibility index (Phi) is 3.84. The molecule has 1 rings (SSSR count). The molecular weight excluding hydrogens is 206 g/mol. The highest BCUT2D eigenvalue weighted by Gasteiger charge is 2.11. The normalized spacial score (nSPS) is 9.56. The molecule has 5 nitrogen and oxygen atoms in total. The molecule has 16 heavy (non-hydrogen) atoms. The van der Waals surface area contributed by atoms with E-state index in [0.717, 1.165) is 5.69 Å². The summed E-state index contributed by atoms with van der Waals surface area (Å²) in [5, 5.41) is 8.76. The first-order valence-electron chi connectivity index (χ1n) is 4.75. The van der Waals surface area contributed by atoms with Crippen LogP contribution in [0.2, 0.25) is 0 Å². The fraction of sp³-hybridized carbons (Fsp3) is 0.364. The van der Waals surface area contributed by atoms with Crippen molar-refractivity contribution in [3.63, 3.8) is 0 Å². The summed E-state index contributed by atoms with van der Waals surface area (Å²) in [6.45, 7) is 3.63. The van der Waals surface area contributed by atoms with Gasteiger partial charge in [-0.3, -0.25) is 4.79 Å². The van der Waals surface area contributed by atoms with E-state index in [9.17, 15) is 4.79 Å². The Morgan fingerprint density at radius 1 is 1.56 bits per heavy atom. The molecule has 0 atom stereocenters.